The normalized spacial score (nSPS) is 11.7. The molecule has 0 saturated heterocycles. The van der Waals surface area contributed by atoms with Gasteiger partial charge in [0.1, 0.15) is 12.7 Å². The van der Waals surface area contributed by atoms with E-state index >= 15 is 0 Å². The number of carbonyl (C=O) groups is 2. The second-order valence-corrected chi connectivity index (χ2v) is 6.55. The lowest BCUT2D eigenvalue weighted by Crippen LogP contribution is -2.32. The number of nitrogens with zero attached hydrogens (tertiary/aromatic N) is 4. The van der Waals surface area contributed by atoms with Gasteiger partial charge >= 0.3 is 0 Å². The smallest absolute Gasteiger partial charge is 0.222 e. The van der Waals surface area contributed by atoms with Crippen LogP contribution in [0.1, 0.15) is 29.8 Å². The molecule has 1 atom stereocenters. The number of carbonyl (C=O) groups excluding carboxylic acids is 2. The number of aromatic nitrogens is 4. The van der Waals surface area contributed by atoms with Gasteiger partial charge in [-0.05, 0) is 17.5 Å². The molecule has 2 N–H and O–H groups in total. The summed E-state index contributed by atoms with van der Waals surface area (Å²) in [6.07, 6.45) is 4.80. The Bertz CT molecular complexity index is 863. The largest absolute Gasteiger partial charge is 0.352 e. The Balaban J connectivity index is 1.65. The summed E-state index contributed by atoms with van der Waals surface area (Å²) in [6, 6.07) is 7.13. The molecule has 9 heteroatoms. The molecular weight excluding hydrogens is 352 g/mol. The third-order valence-electron chi connectivity index (χ3n) is 3.63. The Hall–Kier alpha value is -3.07. The van der Waals surface area contributed by atoms with Crippen molar-refractivity contribution in [2.24, 2.45) is 0 Å². The molecule has 3 aromatic rings. The first-order chi connectivity index (χ1) is 12.6. The van der Waals surface area contributed by atoms with Crippen molar-refractivity contribution in [1.82, 2.24) is 30.4 Å². The quantitative estimate of drug-likeness (QED) is 0.658. The summed E-state index contributed by atoms with van der Waals surface area (Å²) in [6.45, 7) is 1.75. The zero-order valence-electron chi connectivity index (χ0n) is 14.1. The monoisotopic (exact) mass is 370 g/mol. The van der Waals surface area contributed by atoms with E-state index < -0.39 is 0 Å². The minimum absolute atomic E-state index is 0.162. The molecule has 0 aliphatic rings. The van der Waals surface area contributed by atoms with Crippen LogP contribution in [0.4, 0.5) is 0 Å². The van der Waals surface area contributed by atoms with Crippen LogP contribution >= 0.6 is 11.3 Å². The van der Waals surface area contributed by atoms with Crippen LogP contribution in [-0.2, 0) is 16.1 Å². The number of rotatable bonds is 7. The molecule has 3 heterocycles. The molecule has 8 nitrogen and oxygen atoms in total. The van der Waals surface area contributed by atoms with E-state index in [0.29, 0.717) is 12.4 Å². The fraction of sp³-hybridized carbons (Fsp3) is 0.235. The summed E-state index contributed by atoms with van der Waals surface area (Å²) < 4.78 is 1.55. The standard InChI is InChI=1S/C17H18N6O2S/c1-12(24)22-14(15-5-3-7-26-15)8-16(25)20-9-13-4-2-6-19-17(13)23-11-18-10-21-23/h2-7,10-11,14H,8-9H2,1H3,(H,20,25)(H,22,24). The first kappa shape index (κ1) is 17.7. The van der Waals surface area contributed by atoms with Gasteiger partial charge in [0.15, 0.2) is 5.82 Å². The molecule has 26 heavy (non-hydrogen) atoms. The summed E-state index contributed by atoms with van der Waals surface area (Å²) in [5.74, 6) is 0.282. The number of nitrogens with one attached hydrogen (secondary N) is 2. The van der Waals surface area contributed by atoms with Gasteiger partial charge in [0, 0.05) is 30.1 Å². The lowest BCUT2D eigenvalue weighted by Gasteiger charge is -2.16. The summed E-state index contributed by atoms with van der Waals surface area (Å²) >= 11 is 1.51. The van der Waals surface area contributed by atoms with Crippen LogP contribution < -0.4 is 10.6 Å². The minimum atomic E-state index is -0.337. The molecule has 0 aromatic carbocycles. The first-order valence-electron chi connectivity index (χ1n) is 7.99. The van der Waals surface area contributed by atoms with E-state index in [2.05, 4.69) is 25.7 Å². The number of hydrogen-bond acceptors (Lipinski definition) is 6. The van der Waals surface area contributed by atoms with E-state index in [0.717, 1.165) is 10.4 Å². The molecule has 0 radical (unpaired) electrons. The highest BCUT2D eigenvalue weighted by Gasteiger charge is 2.18. The van der Waals surface area contributed by atoms with Crippen molar-refractivity contribution in [1.29, 1.82) is 0 Å². The number of hydrogen-bond donors (Lipinski definition) is 2. The molecule has 134 valence electrons. The van der Waals surface area contributed by atoms with Gasteiger partial charge in [0.05, 0.1) is 12.5 Å². The predicted octanol–water partition coefficient (Wildman–Crippen LogP) is 1.61. The van der Waals surface area contributed by atoms with Crippen molar-refractivity contribution < 1.29 is 9.59 Å². The van der Waals surface area contributed by atoms with E-state index in [1.54, 1.807) is 23.3 Å². The second-order valence-electron chi connectivity index (χ2n) is 5.58. The van der Waals surface area contributed by atoms with Crippen molar-refractivity contribution >= 4 is 23.2 Å². The van der Waals surface area contributed by atoms with Crippen LogP contribution in [0.2, 0.25) is 0 Å². The zero-order valence-corrected chi connectivity index (χ0v) is 14.9. The Morgan fingerprint density at radius 1 is 1.31 bits per heavy atom. The van der Waals surface area contributed by atoms with E-state index in [1.807, 2.05) is 23.6 Å². The molecule has 3 aromatic heterocycles. The number of thiophene rings is 1. The maximum Gasteiger partial charge on any atom is 0.222 e. The molecule has 0 aliphatic carbocycles. The predicted molar refractivity (Wildman–Crippen MR) is 96.5 cm³/mol. The molecule has 1 unspecified atom stereocenters. The molecular formula is C17H18N6O2S. The first-order valence-corrected chi connectivity index (χ1v) is 8.87. The summed E-state index contributed by atoms with van der Waals surface area (Å²) in [4.78, 5) is 33.0. The van der Waals surface area contributed by atoms with Gasteiger partial charge in [-0.15, -0.1) is 11.3 Å². The highest BCUT2D eigenvalue weighted by atomic mass is 32.1. The van der Waals surface area contributed by atoms with Crippen molar-refractivity contribution in [2.75, 3.05) is 0 Å². The van der Waals surface area contributed by atoms with Crippen LogP contribution in [0.25, 0.3) is 5.82 Å². The average molecular weight is 370 g/mol. The maximum absolute atomic E-state index is 12.4. The number of amides is 2. The SMILES string of the molecule is CC(=O)NC(CC(=O)NCc1cccnc1-n1cncn1)c1cccs1. The van der Waals surface area contributed by atoms with Crippen LogP contribution in [0.3, 0.4) is 0 Å². The summed E-state index contributed by atoms with van der Waals surface area (Å²) in [5.41, 5.74) is 0.818. The highest BCUT2D eigenvalue weighted by Crippen LogP contribution is 2.22. The van der Waals surface area contributed by atoms with Crippen molar-refractivity contribution in [3.63, 3.8) is 0 Å². The van der Waals surface area contributed by atoms with E-state index in [1.165, 1.54) is 24.6 Å². The molecule has 0 aliphatic heterocycles. The Morgan fingerprint density at radius 3 is 2.88 bits per heavy atom. The van der Waals surface area contributed by atoms with Crippen LogP contribution in [0.15, 0.2) is 48.5 Å². The lowest BCUT2D eigenvalue weighted by molar-refractivity contribution is -0.122. The summed E-state index contributed by atoms with van der Waals surface area (Å²) in [7, 11) is 0. The lowest BCUT2D eigenvalue weighted by atomic mass is 10.1. The molecule has 0 fully saturated rings. The van der Waals surface area contributed by atoms with Gasteiger partial charge in [0.25, 0.3) is 0 Å². The molecule has 0 saturated carbocycles. The minimum Gasteiger partial charge on any atom is -0.352 e. The van der Waals surface area contributed by atoms with Gasteiger partial charge < -0.3 is 10.6 Å². The van der Waals surface area contributed by atoms with Gasteiger partial charge in [0.2, 0.25) is 11.8 Å². The Kier molecular flexibility index (Phi) is 5.69. The van der Waals surface area contributed by atoms with Crippen molar-refractivity contribution in [3.8, 4) is 5.82 Å². The van der Waals surface area contributed by atoms with Gasteiger partial charge in [-0.2, -0.15) is 5.10 Å². The molecule has 2 amide bonds. The molecule has 3 rings (SSSR count). The maximum atomic E-state index is 12.4. The number of pyridine rings is 1. The topological polar surface area (TPSA) is 102 Å². The van der Waals surface area contributed by atoms with Gasteiger partial charge in [-0.3, -0.25) is 9.59 Å². The van der Waals surface area contributed by atoms with Crippen LogP contribution in [-0.4, -0.2) is 31.6 Å². The average Bonchev–Trinajstić information content (AvgIpc) is 3.33. The van der Waals surface area contributed by atoms with Crippen LogP contribution in [0, 0.1) is 0 Å². The fourth-order valence-electron chi connectivity index (χ4n) is 2.50. The molecule has 0 spiro atoms. The zero-order chi connectivity index (χ0) is 18.4. The van der Waals surface area contributed by atoms with Crippen molar-refractivity contribution in [2.45, 2.75) is 25.9 Å². The summed E-state index contributed by atoms with van der Waals surface area (Å²) in [5, 5.41) is 11.7. The van der Waals surface area contributed by atoms with E-state index in [-0.39, 0.29) is 24.3 Å². The van der Waals surface area contributed by atoms with E-state index in [4.69, 9.17) is 0 Å². The Morgan fingerprint density at radius 2 is 2.19 bits per heavy atom. The Labute approximate surface area is 154 Å². The van der Waals surface area contributed by atoms with Gasteiger partial charge in [-0.1, -0.05) is 12.1 Å². The molecule has 0 bridgehead atoms. The third kappa shape index (κ3) is 4.51. The fourth-order valence-corrected chi connectivity index (χ4v) is 3.28. The van der Waals surface area contributed by atoms with Gasteiger partial charge in [-0.25, -0.2) is 14.6 Å². The van der Waals surface area contributed by atoms with Crippen LogP contribution in [0.5, 0.6) is 0 Å². The van der Waals surface area contributed by atoms with E-state index in [9.17, 15) is 9.59 Å². The van der Waals surface area contributed by atoms with Crippen molar-refractivity contribution in [3.05, 3.63) is 58.9 Å². The second kappa shape index (κ2) is 8.34. The highest BCUT2D eigenvalue weighted by molar-refractivity contribution is 7.10. The third-order valence-corrected chi connectivity index (χ3v) is 4.62.